The molecule has 0 heterocycles. The highest BCUT2D eigenvalue weighted by atomic mass is 19.2. The molecule has 0 fully saturated rings. The number of nitrogens with zero attached hydrogens (tertiary/aromatic N) is 2. The number of hydrogen-bond acceptors (Lipinski definition) is 4. The van der Waals surface area contributed by atoms with E-state index >= 15 is 8.78 Å². The largest absolute Gasteiger partial charge is 0.322 e. The van der Waals surface area contributed by atoms with E-state index in [1.165, 1.54) is 24.3 Å². The van der Waals surface area contributed by atoms with E-state index in [1.807, 2.05) is 194 Å². The van der Waals surface area contributed by atoms with Gasteiger partial charge in [-0.25, -0.2) is 35.1 Å². The smallest absolute Gasteiger partial charge is 0.258 e. The third-order valence-electron chi connectivity index (χ3n) is 16.0. The highest BCUT2D eigenvalue weighted by Gasteiger charge is 2.47. The van der Waals surface area contributed by atoms with Crippen LogP contribution in [-0.2, 0) is 5.41 Å². The van der Waals surface area contributed by atoms with Crippen LogP contribution in [-0.4, -0.2) is 11.8 Å². The minimum Gasteiger partial charge on any atom is -0.322 e. The molecule has 0 aliphatic heterocycles. The van der Waals surface area contributed by atoms with E-state index in [1.54, 1.807) is 24.3 Å². The second kappa shape index (κ2) is 23.5. The minimum atomic E-state index is -2.14. The number of fused-ring (bicyclic) bond motifs is 3. The van der Waals surface area contributed by atoms with Gasteiger partial charge in [0, 0.05) is 45.5 Å². The Bertz CT molecular complexity index is 4280. The third-order valence-corrected chi connectivity index (χ3v) is 16.0. The molecular formula is C75H46F8N4O2. The van der Waals surface area contributed by atoms with Crippen molar-refractivity contribution in [2.75, 3.05) is 20.4 Å². The lowest BCUT2D eigenvalue weighted by atomic mass is 9.67. The van der Waals surface area contributed by atoms with Gasteiger partial charge in [-0.2, -0.15) is 0 Å². The molecule has 12 aromatic rings. The first-order chi connectivity index (χ1) is 43.3. The fraction of sp³-hybridized carbons (Fsp3) is 0.0133. The molecule has 434 valence electrons. The van der Waals surface area contributed by atoms with E-state index in [2.05, 4.69) is 32.6 Å². The highest BCUT2D eigenvalue weighted by molar-refractivity contribution is 6.05. The van der Waals surface area contributed by atoms with E-state index < -0.39 is 74.9 Å². The maximum Gasteiger partial charge on any atom is 0.258 e. The Labute approximate surface area is 505 Å². The van der Waals surface area contributed by atoms with Gasteiger partial charge in [0.1, 0.15) is 0 Å². The van der Waals surface area contributed by atoms with Crippen LogP contribution in [0.4, 0.5) is 80.6 Å². The molecule has 6 nitrogen and oxygen atoms in total. The lowest BCUT2D eigenvalue weighted by molar-refractivity contribution is 0.101. The van der Waals surface area contributed by atoms with Crippen LogP contribution < -0.4 is 20.4 Å². The summed E-state index contributed by atoms with van der Waals surface area (Å²) >= 11 is 0. The minimum absolute atomic E-state index is 0.0821. The van der Waals surface area contributed by atoms with Gasteiger partial charge in [0.2, 0.25) is 0 Å². The Morgan fingerprint density at radius 2 is 0.584 bits per heavy atom. The molecule has 0 saturated carbocycles. The second-order valence-corrected chi connectivity index (χ2v) is 21.1. The van der Waals surface area contributed by atoms with Crippen molar-refractivity contribution in [1.29, 1.82) is 0 Å². The normalized spacial score (nSPS) is 12.0. The van der Waals surface area contributed by atoms with Crippen LogP contribution in [0.2, 0.25) is 0 Å². The molecule has 12 aromatic carbocycles. The summed E-state index contributed by atoms with van der Waals surface area (Å²) in [6, 6.07) is 82.3. The molecule has 2 amide bonds. The number of hydrogen-bond donors (Lipinski definition) is 2. The van der Waals surface area contributed by atoms with Crippen LogP contribution in [0, 0.1) is 46.5 Å². The molecule has 0 aromatic heterocycles. The number of amides is 2. The van der Waals surface area contributed by atoms with Crippen molar-refractivity contribution in [2.24, 2.45) is 0 Å². The maximum atomic E-state index is 15.0. The molecule has 14 heteroatoms. The predicted octanol–water partition coefficient (Wildman–Crippen LogP) is 19.9. The van der Waals surface area contributed by atoms with E-state index in [-0.39, 0.29) is 23.5 Å². The van der Waals surface area contributed by atoms with Crippen molar-refractivity contribution < 1.29 is 44.7 Å². The Balaban J connectivity index is 0.970. The fourth-order valence-corrected chi connectivity index (χ4v) is 11.8. The summed E-state index contributed by atoms with van der Waals surface area (Å²) in [7, 11) is 0. The summed E-state index contributed by atoms with van der Waals surface area (Å²) in [5, 5.41) is 4.97. The monoisotopic (exact) mass is 1190 g/mol. The summed E-state index contributed by atoms with van der Waals surface area (Å²) in [5.41, 5.74) is 10.2. The Morgan fingerprint density at radius 1 is 0.292 bits per heavy atom. The summed E-state index contributed by atoms with van der Waals surface area (Å²) in [5.74, 6) is -18.2. The molecule has 89 heavy (non-hydrogen) atoms. The number of halogens is 8. The first kappa shape index (κ1) is 56.7. The van der Waals surface area contributed by atoms with Crippen LogP contribution in [0.1, 0.15) is 43.0 Å². The Hall–Kier alpha value is -11.4. The van der Waals surface area contributed by atoms with Crippen LogP contribution >= 0.6 is 0 Å². The zero-order valence-corrected chi connectivity index (χ0v) is 46.6. The van der Waals surface area contributed by atoms with Crippen LogP contribution in [0.3, 0.4) is 0 Å². The molecule has 0 radical (unpaired) electrons. The molecule has 1 aliphatic rings. The predicted molar refractivity (Wildman–Crippen MR) is 332 cm³/mol. The van der Waals surface area contributed by atoms with Crippen molar-refractivity contribution in [3.8, 4) is 33.4 Å². The zero-order chi connectivity index (χ0) is 61.5. The number of carbonyl (C=O) groups is 2. The van der Waals surface area contributed by atoms with Crippen LogP contribution in [0.5, 0.6) is 0 Å². The van der Waals surface area contributed by atoms with E-state index in [4.69, 9.17) is 0 Å². The van der Waals surface area contributed by atoms with Gasteiger partial charge in [0.15, 0.2) is 46.5 Å². The first-order valence-corrected chi connectivity index (χ1v) is 28.1. The third kappa shape index (κ3) is 10.4. The average Bonchev–Trinajstić information content (AvgIpc) is 1.76. The number of para-hydroxylation sites is 4. The molecule has 13 rings (SSSR count). The van der Waals surface area contributed by atoms with Gasteiger partial charge in [0.05, 0.1) is 16.5 Å². The van der Waals surface area contributed by atoms with Crippen LogP contribution in [0.15, 0.2) is 267 Å². The average molecular weight is 1190 g/mol. The molecule has 0 atom stereocenters. The summed E-state index contributed by atoms with van der Waals surface area (Å²) in [6.45, 7) is 0. The molecule has 1 aliphatic carbocycles. The Morgan fingerprint density at radius 3 is 0.899 bits per heavy atom. The van der Waals surface area contributed by atoms with Crippen molar-refractivity contribution in [2.45, 2.75) is 5.41 Å². The summed E-state index contributed by atoms with van der Waals surface area (Å²) in [4.78, 5) is 31.3. The number of rotatable bonds is 14. The van der Waals surface area contributed by atoms with E-state index in [0.717, 1.165) is 78.6 Å². The molecule has 0 unspecified atom stereocenters. The van der Waals surface area contributed by atoms with Crippen molar-refractivity contribution in [3.63, 3.8) is 0 Å². The lowest BCUT2D eigenvalue weighted by Crippen LogP contribution is -2.29. The lowest BCUT2D eigenvalue weighted by Gasteiger charge is -2.34. The van der Waals surface area contributed by atoms with Gasteiger partial charge in [-0.3, -0.25) is 9.59 Å². The quantitative estimate of drug-likeness (QED) is 0.0647. The van der Waals surface area contributed by atoms with Gasteiger partial charge in [-0.1, -0.05) is 146 Å². The number of benzene rings is 12. The topological polar surface area (TPSA) is 64.7 Å². The van der Waals surface area contributed by atoms with E-state index in [0.29, 0.717) is 11.1 Å². The SMILES string of the molecule is O=C(Nc1ccc(C2(c3ccc(NC(=O)c4cc(F)c(F)c(F)c4F)cc3)c3cc(-c4ccc(N(c5ccccc5)c5ccccc5)cc4)ccc3-c3ccc(-c4ccc(N(c5ccccc5)c5ccccc5)cc4)cc32)cc1)c1cc(F)c(F)c(F)c1F. The Kier molecular flexibility index (Phi) is 15.0. The molecule has 0 bridgehead atoms. The van der Waals surface area contributed by atoms with Gasteiger partial charge >= 0.3 is 0 Å². The fourth-order valence-electron chi connectivity index (χ4n) is 11.8. The van der Waals surface area contributed by atoms with Crippen molar-refractivity contribution in [1.82, 2.24) is 0 Å². The zero-order valence-electron chi connectivity index (χ0n) is 46.6. The van der Waals surface area contributed by atoms with Gasteiger partial charge in [0.25, 0.3) is 11.8 Å². The van der Waals surface area contributed by atoms with Gasteiger partial charge < -0.3 is 20.4 Å². The van der Waals surface area contributed by atoms with E-state index in [9.17, 15) is 35.9 Å². The highest BCUT2D eigenvalue weighted by Crippen LogP contribution is 2.58. The van der Waals surface area contributed by atoms with Crippen molar-refractivity contribution in [3.05, 3.63) is 347 Å². The van der Waals surface area contributed by atoms with Gasteiger partial charge in [-0.15, -0.1) is 0 Å². The standard InChI is InChI=1S/C75H46F8N4O2/c76-65-43-61(67(78)71(82)69(65)80)73(88)84-51-31-27-49(28-32-51)75(50-29-33-52(34-30-50)85-74(89)62-44-66(77)70(81)72(83)68(62)79)63-41-47(45-21-35-57(36-22-45)86(53-13-5-1-6-14-53)54-15-7-2-8-16-54)25-39-59(63)60-40-26-48(42-64(60)75)46-23-37-58(38-24-46)87(55-17-9-3-10-18-55)56-19-11-4-12-20-56/h1-44H,(H,84,88)(H,85,89). The summed E-state index contributed by atoms with van der Waals surface area (Å²) in [6.07, 6.45) is 0. The number of anilines is 8. The first-order valence-electron chi connectivity index (χ1n) is 28.1. The van der Waals surface area contributed by atoms with Gasteiger partial charge in [-0.05, 0) is 177 Å². The molecular weight excluding hydrogens is 1140 g/mol. The van der Waals surface area contributed by atoms with Crippen molar-refractivity contribution >= 4 is 57.3 Å². The van der Waals surface area contributed by atoms with Crippen LogP contribution in [0.25, 0.3) is 33.4 Å². The molecule has 0 saturated heterocycles. The maximum absolute atomic E-state index is 15.0. The number of nitrogens with one attached hydrogen (secondary N) is 2. The number of carbonyl (C=O) groups excluding carboxylic acids is 2. The molecule has 0 spiro atoms. The summed E-state index contributed by atoms with van der Waals surface area (Å²) < 4.78 is 116. The second-order valence-electron chi connectivity index (χ2n) is 21.1. The molecule has 2 N–H and O–H groups in total.